The summed E-state index contributed by atoms with van der Waals surface area (Å²) in [6.45, 7) is 9.47. The number of carbonyl (C=O) groups is 1. The van der Waals surface area contributed by atoms with E-state index >= 15 is 0 Å². The number of guanidine groups is 1. The Hall–Kier alpha value is -2.02. The van der Waals surface area contributed by atoms with Crippen molar-refractivity contribution in [2.75, 3.05) is 26.2 Å². The molecule has 1 saturated heterocycles. The second-order valence-electron chi connectivity index (χ2n) is 7.66. The zero-order valence-electron chi connectivity index (χ0n) is 16.8. The molecular formula is C20H33N5O2. The first-order valence-electron chi connectivity index (χ1n) is 10.2. The number of aryl methyl sites for hydroxylation is 1. The molecule has 3 rings (SSSR count). The molecule has 1 aromatic rings. The van der Waals surface area contributed by atoms with E-state index in [2.05, 4.69) is 39.7 Å². The Morgan fingerprint density at radius 3 is 2.85 bits per heavy atom. The van der Waals surface area contributed by atoms with Gasteiger partial charge in [-0.15, -0.1) is 0 Å². The number of hydrogen-bond donors (Lipinski definition) is 3. The minimum absolute atomic E-state index is 0.161. The van der Waals surface area contributed by atoms with Gasteiger partial charge in [0.15, 0.2) is 11.7 Å². The number of rotatable bonds is 8. The largest absolute Gasteiger partial charge is 0.459 e. The molecule has 0 radical (unpaired) electrons. The highest BCUT2D eigenvalue weighted by Crippen LogP contribution is 2.33. The maximum absolute atomic E-state index is 12.0. The summed E-state index contributed by atoms with van der Waals surface area (Å²) < 4.78 is 5.20. The number of hydrogen-bond acceptors (Lipinski definition) is 4. The molecule has 3 N–H and O–H groups in total. The average molecular weight is 376 g/mol. The molecule has 2 aliphatic rings. The maximum Gasteiger partial charge on any atom is 0.287 e. The van der Waals surface area contributed by atoms with Crippen LogP contribution in [0.1, 0.15) is 55.6 Å². The van der Waals surface area contributed by atoms with Crippen LogP contribution in [-0.4, -0.2) is 61.1 Å². The van der Waals surface area contributed by atoms with Crippen LogP contribution in [0.2, 0.25) is 0 Å². The molecule has 0 bridgehead atoms. The van der Waals surface area contributed by atoms with Crippen LogP contribution in [-0.2, 0) is 0 Å². The topological polar surface area (TPSA) is 81.9 Å². The summed E-state index contributed by atoms with van der Waals surface area (Å²) in [4.78, 5) is 19.3. The number of furan rings is 1. The summed E-state index contributed by atoms with van der Waals surface area (Å²) in [6, 6.07) is 3.72. The molecule has 150 valence electrons. The van der Waals surface area contributed by atoms with E-state index in [9.17, 15) is 4.79 Å². The number of nitrogens with one attached hydrogen (secondary N) is 3. The Morgan fingerprint density at radius 2 is 2.19 bits per heavy atom. The summed E-state index contributed by atoms with van der Waals surface area (Å²) in [5, 5.41) is 9.80. The van der Waals surface area contributed by atoms with Crippen molar-refractivity contribution in [3.05, 3.63) is 23.7 Å². The van der Waals surface area contributed by atoms with Crippen LogP contribution >= 0.6 is 0 Å². The van der Waals surface area contributed by atoms with Crippen molar-refractivity contribution in [3.63, 3.8) is 0 Å². The van der Waals surface area contributed by atoms with Gasteiger partial charge < -0.3 is 20.4 Å². The van der Waals surface area contributed by atoms with E-state index in [0.717, 1.165) is 37.1 Å². The minimum Gasteiger partial charge on any atom is -0.459 e. The minimum atomic E-state index is -0.161. The molecule has 0 aromatic carbocycles. The molecule has 2 unspecified atom stereocenters. The predicted octanol–water partition coefficient (Wildman–Crippen LogP) is 1.89. The zero-order valence-corrected chi connectivity index (χ0v) is 16.8. The Labute approximate surface area is 162 Å². The predicted molar refractivity (Wildman–Crippen MR) is 107 cm³/mol. The third-order valence-corrected chi connectivity index (χ3v) is 5.28. The second kappa shape index (κ2) is 9.26. The van der Waals surface area contributed by atoms with Crippen LogP contribution in [0.15, 0.2) is 21.7 Å². The van der Waals surface area contributed by atoms with Crippen molar-refractivity contribution < 1.29 is 9.21 Å². The Morgan fingerprint density at radius 1 is 1.37 bits per heavy atom. The van der Waals surface area contributed by atoms with Gasteiger partial charge in [-0.05, 0) is 52.5 Å². The lowest BCUT2D eigenvalue weighted by molar-refractivity contribution is 0.0925. The van der Waals surface area contributed by atoms with Gasteiger partial charge in [-0.2, -0.15) is 0 Å². The first kappa shape index (κ1) is 19.7. The normalized spacial score (nSPS) is 23.4. The van der Waals surface area contributed by atoms with Gasteiger partial charge >= 0.3 is 0 Å². The zero-order chi connectivity index (χ0) is 19.2. The lowest BCUT2D eigenvalue weighted by Gasteiger charge is -2.20. The van der Waals surface area contributed by atoms with E-state index < -0.39 is 0 Å². The number of amides is 1. The molecule has 1 saturated carbocycles. The molecule has 7 heteroatoms. The van der Waals surface area contributed by atoms with Gasteiger partial charge in [0.2, 0.25) is 0 Å². The van der Waals surface area contributed by atoms with Crippen LogP contribution < -0.4 is 16.0 Å². The lowest BCUT2D eigenvalue weighted by atomic mass is 10.2. The highest BCUT2D eigenvalue weighted by atomic mass is 16.3. The molecule has 0 spiro atoms. The van der Waals surface area contributed by atoms with Gasteiger partial charge in [-0.3, -0.25) is 14.7 Å². The van der Waals surface area contributed by atoms with Gasteiger partial charge in [0.25, 0.3) is 5.91 Å². The van der Waals surface area contributed by atoms with Crippen molar-refractivity contribution in [2.24, 2.45) is 4.99 Å². The molecule has 1 aliphatic carbocycles. The number of nitrogens with zero attached hydrogens (tertiary/aromatic N) is 2. The summed E-state index contributed by atoms with van der Waals surface area (Å²) in [5.41, 5.74) is 0.857. The molecule has 1 aliphatic heterocycles. The SMILES string of the molecule is CCNC(=NCCCNC(=O)c1occc1C)NC1CC(C)N(C2CC2)C1. The summed E-state index contributed by atoms with van der Waals surface area (Å²) in [5.74, 6) is 1.11. The Balaban J connectivity index is 1.39. The van der Waals surface area contributed by atoms with Crippen LogP contribution in [0.3, 0.4) is 0 Å². The van der Waals surface area contributed by atoms with Crippen molar-refractivity contribution in [1.29, 1.82) is 0 Å². The molecule has 1 aromatic heterocycles. The number of aliphatic imine (C=N–C) groups is 1. The van der Waals surface area contributed by atoms with Crippen LogP contribution in [0.4, 0.5) is 0 Å². The average Bonchev–Trinajstić information content (AvgIpc) is 3.28. The smallest absolute Gasteiger partial charge is 0.287 e. The Bertz CT molecular complexity index is 653. The number of carbonyl (C=O) groups excluding carboxylic acids is 1. The fraction of sp³-hybridized carbons (Fsp3) is 0.700. The molecule has 2 atom stereocenters. The fourth-order valence-electron chi connectivity index (χ4n) is 3.75. The first-order chi connectivity index (χ1) is 13.1. The third-order valence-electron chi connectivity index (χ3n) is 5.28. The highest BCUT2D eigenvalue weighted by molar-refractivity contribution is 5.92. The monoisotopic (exact) mass is 375 g/mol. The van der Waals surface area contributed by atoms with Gasteiger partial charge in [0, 0.05) is 49.9 Å². The van der Waals surface area contributed by atoms with Gasteiger partial charge in [0.05, 0.1) is 6.26 Å². The highest BCUT2D eigenvalue weighted by Gasteiger charge is 2.38. The summed E-state index contributed by atoms with van der Waals surface area (Å²) >= 11 is 0. The Kier molecular flexibility index (Phi) is 6.77. The maximum atomic E-state index is 12.0. The second-order valence-corrected chi connectivity index (χ2v) is 7.66. The lowest BCUT2D eigenvalue weighted by Crippen LogP contribution is -2.44. The van der Waals surface area contributed by atoms with E-state index in [-0.39, 0.29) is 5.91 Å². The molecular weight excluding hydrogens is 342 g/mol. The van der Waals surface area contributed by atoms with E-state index in [1.807, 2.05) is 6.92 Å². The number of likely N-dealkylation sites (tertiary alicyclic amines) is 1. The standard InChI is InChI=1S/C20H33N5O2/c1-4-21-20(24-16-12-15(3)25(13-16)17-6-7-17)23-10-5-9-22-19(26)18-14(2)8-11-27-18/h8,11,15-17H,4-7,9-10,12-13H2,1-3H3,(H,22,26)(H2,21,23,24). The van der Waals surface area contributed by atoms with E-state index in [4.69, 9.17) is 4.42 Å². The van der Waals surface area contributed by atoms with Gasteiger partial charge in [-0.25, -0.2) is 0 Å². The van der Waals surface area contributed by atoms with Gasteiger partial charge in [-0.1, -0.05) is 0 Å². The molecule has 2 fully saturated rings. The molecule has 1 amide bonds. The van der Waals surface area contributed by atoms with E-state index in [1.165, 1.54) is 25.5 Å². The van der Waals surface area contributed by atoms with Crippen LogP contribution in [0.25, 0.3) is 0 Å². The quantitative estimate of drug-likeness (QED) is 0.367. The first-order valence-corrected chi connectivity index (χ1v) is 10.2. The molecule has 27 heavy (non-hydrogen) atoms. The molecule has 7 nitrogen and oxygen atoms in total. The third kappa shape index (κ3) is 5.48. The summed E-state index contributed by atoms with van der Waals surface area (Å²) in [7, 11) is 0. The molecule has 2 heterocycles. The van der Waals surface area contributed by atoms with Crippen LogP contribution in [0.5, 0.6) is 0 Å². The van der Waals surface area contributed by atoms with Crippen molar-refractivity contribution >= 4 is 11.9 Å². The van der Waals surface area contributed by atoms with E-state index in [1.54, 1.807) is 6.07 Å². The van der Waals surface area contributed by atoms with Crippen molar-refractivity contribution in [1.82, 2.24) is 20.9 Å². The summed E-state index contributed by atoms with van der Waals surface area (Å²) in [6.07, 6.45) is 6.21. The fourth-order valence-corrected chi connectivity index (χ4v) is 3.75. The van der Waals surface area contributed by atoms with E-state index in [0.29, 0.717) is 30.9 Å². The van der Waals surface area contributed by atoms with Gasteiger partial charge in [0.1, 0.15) is 0 Å². The van der Waals surface area contributed by atoms with Crippen molar-refractivity contribution in [2.45, 2.75) is 64.6 Å². The van der Waals surface area contributed by atoms with Crippen molar-refractivity contribution in [3.8, 4) is 0 Å². The van der Waals surface area contributed by atoms with Crippen LogP contribution in [0, 0.1) is 6.92 Å².